The molecule has 2 fully saturated rings. The number of nitrogens with zero attached hydrogens (tertiary/aromatic N) is 3. The van der Waals surface area contributed by atoms with Gasteiger partial charge in [-0.15, -0.1) is 0 Å². The number of aryl methyl sites for hydroxylation is 2. The number of hydrogen-bond donors (Lipinski definition) is 1. The van der Waals surface area contributed by atoms with E-state index >= 15 is 0 Å². The first-order chi connectivity index (χ1) is 21.0. The number of hydrogen-bond acceptors (Lipinski definition) is 6. The van der Waals surface area contributed by atoms with Crippen molar-refractivity contribution in [3.8, 4) is 17.1 Å². The second-order valence-corrected chi connectivity index (χ2v) is 15.4. The first-order valence-electron chi connectivity index (χ1n) is 15.9. The topological polar surface area (TPSA) is 101 Å². The van der Waals surface area contributed by atoms with E-state index in [1.165, 1.54) is 0 Å². The Hall–Kier alpha value is -3.46. The van der Waals surface area contributed by atoms with Crippen molar-refractivity contribution in [3.63, 3.8) is 0 Å². The van der Waals surface area contributed by atoms with Crippen molar-refractivity contribution < 1.29 is 17.9 Å². The molecule has 234 valence electrons. The average Bonchev–Trinajstić information content (AvgIpc) is 3.53. The Labute approximate surface area is 261 Å². The van der Waals surface area contributed by atoms with Crippen LogP contribution < -0.4 is 9.46 Å². The zero-order chi connectivity index (χ0) is 31.2. The molecule has 3 aliphatic rings. The molecule has 9 heteroatoms. The minimum absolute atomic E-state index is 0.000376. The van der Waals surface area contributed by atoms with Gasteiger partial charge in [-0.2, -0.15) is 4.98 Å². The summed E-state index contributed by atoms with van der Waals surface area (Å²) in [6, 6.07) is 15.2. The number of carbonyl (C=O) groups excluding carboxylic acids is 1. The molecule has 1 amide bonds. The Balaban J connectivity index is 1.41. The van der Waals surface area contributed by atoms with Crippen LogP contribution in [0.2, 0.25) is 0 Å². The van der Waals surface area contributed by atoms with Gasteiger partial charge in [0.2, 0.25) is 17.7 Å². The summed E-state index contributed by atoms with van der Waals surface area (Å²) >= 11 is 0. The largest absolute Gasteiger partial charge is 0.477 e. The van der Waals surface area contributed by atoms with Crippen LogP contribution in [0.25, 0.3) is 11.3 Å². The minimum atomic E-state index is -3.94. The molecule has 44 heavy (non-hydrogen) atoms. The highest BCUT2D eigenvalue weighted by Crippen LogP contribution is 2.48. The van der Waals surface area contributed by atoms with Gasteiger partial charge in [-0.1, -0.05) is 44.2 Å². The fourth-order valence-electron chi connectivity index (χ4n) is 8.02. The van der Waals surface area contributed by atoms with E-state index in [4.69, 9.17) is 4.74 Å². The number of ether oxygens (including phenoxy) is 1. The van der Waals surface area contributed by atoms with Gasteiger partial charge in [0, 0.05) is 31.6 Å². The molecule has 0 spiro atoms. The molecule has 1 aliphatic carbocycles. The highest BCUT2D eigenvalue weighted by Gasteiger charge is 2.45. The van der Waals surface area contributed by atoms with Gasteiger partial charge in [-0.05, 0) is 104 Å². The summed E-state index contributed by atoms with van der Waals surface area (Å²) in [7, 11) is -3.94. The molecule has 1 saturated heterocycles. The number of nitrogens with one attached hydrogen (secondary N) is 1. The number of benzene rings is 2. The van der Waals surface area contributed by atoms with Crippen LogP contribution in [0, 0.1) is 49.4 Å². The summed E-state index contributed by atoms with van der Waals surface area (Å²) in [5, 5.41) is 0. The van der Waals surface area contributed by atoms with Crippen LogP contribution in [0.3, 0.4) is 0 Å². The standard InChI is InChI=1S/C35H44N4O4S/c1-21(2)12-29-20-43-33-17-32(34-22(3)8-6-9-23(34)4)36-35(37-33)38-44(41,42)30-11-7-10-25(13-30)14-31(29)26-15-27-18-39(24(5)40)19-28(27)16-26/h6-11,13,17,21,26-29,31H,12,14-16,18-20H2,1-5H3,(H,36,37,38)/t26-,27+,28-,29-,31?/m1/s1. The molecule has 2 aromatic carbocycles. The van der Waals surface area contributed by atoms with Gasteiger partial charge in [0.05, 0.1) is 17.2 Å². The molecular weight excluding hydrogens is 572 g/mol. The van der Waals surface area contributed by atoms with E-state index in [1.54, 1.807) is 13.0 Å². The van der Waals surface area contributed by atoms with E-state index in [0.717, 1.165) is 61.0 Å². The summed E-state index contributed by atoms with van der Waals surface area (Å²) < 4.78 is 36.5. The third-order valence-corrected chi connectivity index (χ3v) is 11.3. The van der Waals surface area contributed by atoms with Crippen molar-refractivity contribution in [1.29, 1.82) is 0 Å². The molecule has 6 rings (SSSR count). The van der Waals surface area contributed by atoms with Gasteiger partial charge < -0.3 is 9.64 Å². The summed E-state index contributed by atoms with van der Waals surface area (Å²) in [6.07, 6.45) is 3.94. The zero-order valence-corrected chi connectivity index (χ0v) is 27.2. The van der Waals surface area contributed by atoms with Crippen molar-refractivity contribution in [2.75, 3.05) is 24.4 Å². The van der Waals surface area contributed by atoms with Crippen molar-refractivity contribution in [3.05, 3.63) is 65.2 Å². The molecule has 0 radical (unpaired) electrons. The molecule has 1 unspecified atom stereocenters. The lowest BCUT2D eigenvalue weighted by Gasteiger charge is -2.34. The maximum absolute atomic E-state index is 13.7. The molecule has 1 saturated carbocycles. The monoisotopic (exact) mass is 616 g/mol. The first kappa shape index (κ1) is 30.6. The van der Waals surface area contributed by atoms with Crippen molar-refractivity contribution >= 4 is 21.9 Å². The number of sulfonamides is 1. The molecule has 3 aromatic rings. The van der Waals surface area contributed by atoms with Crippen LogP contribution in [0.5, 0.6) is 5.88 Å². The highest BCUT2D eigenvalue weighted by molar-refractivity contribution is 7.92. The SMILES string of the molecule is CC(=O)N1C[C@H]2C[C@H](C3Cc4cccc(c4)S(=O)(=O)Nc4nc(cc(-c5c(C)cccc5C)n4)OC[C@H]3CC(C)C)C[C@H]2C1. The molecule has 2 aliphatic heterocycles. The van der Waals surface area contributed by atoms with E-state index in [-0.39, 0.29) is 22.7 Å². The molecule has 1 aromatic heterocycles. The fourth-order valence-corrected chi connectivity index (χ4v) is 9.03. The Morgan fingerprint density at radius 3 is 2.34 bits per heavy atom. The van der Waals surface area contributed by atoms with Crippen LogP contribution in [-0.4, -0.2) is 48.9 Å². The van der Waals surface area contributed by atoms with E-state index in [2.05, 4.69) is 28.5 Å². The fraction of sp³-hybridized carbons (Fsp3) is 0.514. The normalized spacial score (nSPS) is 26.1. The molecule has 3 heterocycles. The van der Waals surface area contributed by atoms with E-state index in [1.807, 2.05) is 61.2 Å². The van der Waals surface area contributed by atoms with Crippen LogP contribution in [0.15, 0.2) is 53.4 Å². The third kappa shape index (κ3) is 6.34. The maximum atomic E-state index is 13.7. The minimum Gasteiger partial charge on any atom is -0.477 e. The lowest BCUT2D eigenvalue weighted by Crippen LogP contribution is -2.32. The van der Waals surface area contributed by atoms with E-state index in [9.17, 15) is 13.2 Å². The van der Waals surface area contributed by atoms with Crippen molar-refractivity contribution in [2.45, 2.75) is 65.2 Å². The number of aromatic nitrogens is 2. The van der Waals surface area contributed by atoms with Gasteiger partial charge in [-0.25, -0.2) is 18.1 Å². The predicted molar refractivity (Wildman–Crippen MR) is 172 cm³/mol. The number of carbonyl (C=O) groups is 1. The predicted octanol–water partition coefficient (Wildman–Crippen LogP) is 6.28. The smallest absolute Gasteiger partial charge is 0.264 e. The van der Waals surface area contributed by atoms with Crippen molar-refractivity contribution in [1.82, 2.24) is 14.9 Å². The summed E-state index contributed by atoms with van der Waals surface area (Å²) in [5.74, 6) is 3.08. The maximum Gasteiger partial charge on any atom is 0.264 e. The van der Waals surface area contributed by atoms with E-state index in [0.29, 0.717) is 47.8 Å². The van der Waals surface area contributed by atoms with Crippen LogP contribution >= 0.6 is 0 Å². The van der Waals surface area contributed by atoms with Gasteiger partial charge in [-0.3, -0.25) is 4.79 Å². The van der Waals surface area contributed by atoms with Gasteiger partial charge in [0.15, 0.2) is 0 Å². The molecule has 1 N–H and O–H groups in total. The molecule has 5 atom stereocenters. The lowest BCUT2D eigenvalue weighted by atomic mass is 9.73. The Morgan fingerprint density at radius 2 is 1.68 bits per heavy atom. The molecule has 8 nitrogen and oxygen atoms in total. The molecule has 4 bridgehead atoms. The number of fused-ring (bicyclic) bond motifs is 5. The van der Waals surface area contributed by atoms with Crippen LogP contribution in [0.1, 0.15) is 56.7 Å². The second-order valence-electron chi connectivity index (χ2n) is 13.7. The van der Waals surface area contributed by atoms with Crippen molar-refractivity contribution in [2.24, 2.45) is 35.5 Å². The second kappa shape index (κ2) is 12.1. The summed E-state index contributed by atoms with van der Waals surface area (Å²) in [4.78, 5) is 23.5. The number of anilines is 1. The van der Waals surface area contributed by atoms with Gasteiger partial charge in [0.1, 0.15) is 0 Å². The van der Waals surface area contributed by atoms with Gasteiger partial charge >= 0.3 is 0 Å². The molecular formula is C35H44N4O4S. The Bertz CT molecular complexity index is 1620. The number of likely N-dealkylation sites (tertiary alicyclic amines) is 1. The third-order valence-electron chi connectivity index (χ3n) is 10.0. The van der Waals surface area contributed by atoms with Crippen LogP contribution in [-0.2, 0) is 21.2 Å². The number of amides is 1. The zero-order valence-electron chi connectivity index (χ0n) is 26.4. The first-order valence-corrected chi connectivity index (χ1v) is 17.4. The highest BCUT2D eigenvalue weighted by atomic mass is 32.2. The quantitative estimate of drug-likeness (QED) is 0.370. The Kier molecular flexibility index (Phi) is 8.44. The average molecular weight is 617 g/mol. The lowest BCUT2D eigenvalue weighted by molar-refractivity contribution is -0.128. The number of rotatable bonds is 4. The summed E-state index contributed by atoms with van der Waals surface area (Å²) in [5.41, 5.74) is 4.67. The van der Waals surface area contributed by atoms with Gasteiger partial charge in [0.25, 0.3) is 10.0 Å². The van der Waals surface area contributed by atoms with E-state index < -0.39 is 10.0 Å². The summed E-state index contributed by atoms with van der Waals surface area (Å²) in [6.45, 7) is 12.4. The van der Waals surface area contributed by atoms with Crippen LogP contribution in [0.4, 0.5) is 5.95 Å². The Morgan fingerprint density at radius 1 is 1.00 bits per heavy atom.